The molecule has 1 fully saturated rings. The number of alkyl halides is 1. The Balaban J connectivity index is 1.85. The van der Waals surface area contributed by atoms with Crippen molar-refractivity contribution in [1.29, 1.82) is 0 Å². The zero-order valence-electron chi connectivity index (χ0n) is 11.7. The van der Waals surface area contributed by atoms with Crippen LogP contribution in [0, 0.1) is 0 Å². The standard InChI is InChI=1S/C11H15FN5O5P/c12-7-5(1-6(9(7)18)22-4-23(19,20)21)17-3-16-8-10(13)14-2-15-11(8)17/h2-3,5-7,9,18H,1,4H2,(H2,13,14,15)(H2,19,20,21)/t5-,6?,7?,9?/m1/s1. The van der Waals surface area contributed by atoms with Crippen molar-refractivity contribution in [3.05, 3.63) is 12.7 Å². The van der Waals surface area contributed by atoms with Crippen LogP contribution in [-0.2, 0) is 9.30 Å². The van der Waals surface area contributed by atoms with Gasteiger partial charge in [0.2, 0.25) is 0 Å². The Kier molecular flexibility index (Phi) is 4.07. The molecule has 0 aromatic carbocycles. The van der Waals surface area contributed by atoms with Crippen molar-refractivity contribution in [2.75, 3.05) is 12.1 Å². The number of rotatable bonds is 4. The number of ether oxygens (including phenoxy) is 1. The van der Waals surface area contributed by atoms with E-state index >= 15 is 0 Å². The molecule has 23 heavy (non-hydrogen) atoms. The molecule has 1 aliphatic carbocycles. The van der Waals surface area contributed by atoms with Crippen LogP contribution in [0.2, 0.25) is 0 Å². The quantitative estimate of drug-likeness (QED) is 0.539. The molecular weight excluding hydrogens is 332 g/mol. The van der Waals surface area contributed by atoms with Gasteiger partial charge in [-0.15, -0.1) is 0 Å². The summed E-state index contributed by atoms with van der Waals surface area (Å²) in [5.41, 5.74) is 6.30. The number of aliphatic hydroxyl groups is 1. The van der Waals surface area contributed by atoms with Gasteiger partial charge in [-0.3, -0.25) is 4.57 Å². The summed E-state index contributed by atoms with van der Waals surface area (Å²) < 4.78 is 31.6. The number of aromatic nitrogens is 4. The first-order chi connectivity index (χ1) is 10.8. The van der Waals surface area contributed by atoms with Crippen molar-refractivity contribution in [3.8, 4) is 0 Å². The van der Waals surface area contributed by atoms with Gasteiger partial charge in [-0.2, -0.15) is 0 Å². The highest BCUT2D eigenvalue weighted by Gasteiger charge is 2.45. The van der Waals surface area contributed by atoms with Crippen molar-refractivity contribution >= 4 is 24.6 Å². The molecule has 12 heteroatoms. The normalized spacial score (nSPS) is 28.5. The van der Waals surface area contributed by atoms with E-state index < -0.39 is 38.4 Å². The molecule has 10 nitrogen and oxygen atoms in total. The fourth-order valence-electron chi connectivity index (χ4n) is 2.68. The lowest BCUT2D eigenvalue weighted by atomic mass is 10.2. The van der Waals surface area contributed by atoms with Gasteiger partial charge in [0, 0.05) is 6.42 Å². The molecule has 2 aromatic heterocycles. The maximum atomic E-state index is 14.4. The van der Waals surface area contributed by atoms with Crippen LogP contribution < -0.4 is 5.73 Å². The molecule has 0 spiro atoms. The smallest absolute Gasteiger partial charge is 0.350 e. The van der Waals surface area contributed by atoms with Gasteiger partial charge in [-0.1, -0.05) is 0 Å². The molecular formula is C11H15FN5O5P. The Hall–Kier alpha value is -1.65. The average Bonchev–Trinajstić information content (AvgIpc) is 3.01. The van der Waals surface area contributed by atoms with Gasteiger partial charge in [0.15, 0.2) is 11.5 Å². The molecule has 1 saturated carbocycles. The van der Waals surface area contributed by atoms with E-state index in [0.29, 0.717) is 11.2 Å². The number of nitrogen functional groups attached to an aromatic ring is 1. The minimum Gasteiger partial charge on any atom is -0.387 e. The fraction of sp³-hybridized carbons (Fsp3) is 0.545. The summed E-state index contributed by atoms with van der Waals surface area (Å²) in [6.45, 7) is 0. The number of hydrogen-bond donors (Lipinski definition) is 4. The maximum Gasteiger partial charge on any atom is 0.350 e. The number of imidazole rings is 1. The Morgan fingerprint density at radius 3 is 2.87 bits per heavy atom. The molecule has 1 aliphatic rings. The summed E-state index contributed by atoms with van der Waals surface area (Å²) in [5.74, 6) is 0.150. The van der Waals surface area contributed by atoms with E-state index in [0.717, 1.165) is 0 Å². The number of aliphatic hydroxyl groups excluding tert-OH is 1. The lowest BCUT2D eigenvalue weighted by molar-refractivity contribution is -0.0264. The largest absolute Gasteiger partial charge is 0.387 e. The summed E-state index contributed by atoms with van der Waals surface area (Å²) in [5, 5.41) is 9.91. The molecule has 2 aromatic rings. The monoisotopic (exact) mass is 347 g/mol. The summed E-state index contributed by atoms with van der Waals surface area (Å²) >= 11 is 0. The lowest BCUT2D eigenvalue weighted by Crippen LogP contribution is -2.30. The van der Waals surface area contributed by atoms with Crippen LogP contribution in [0.15, 0.2) is 12.7 Å². The number of nitrogens with two attached hydrogens (primary N) is 1. The van der Waals surface area contributed by atoms with E-state index in [2.05, 4.69) is 15.0 Å². The van der Waals surface area contributed by atoms with E-state index in [-0.39, 0.29) is 12.2 Å². The third-order valence-electron chi connectivity index (χ3n) is 3.75. The maximum absolute atomic E-state index is 14.4. The minimum atomic E-state index is -4.40. The average molecular weight is 347 g/mol. The van der Waals surface area contributed by atoms with Crippen LogP contribution in [0.3, 0.4) is 0 Å². The highest BCUT2D eigenvalue weighted by Crippen LogP contribution is 2.40. The summed E-state index contributed by atoms with van der Waals surface area (Å²) in [4.78, 5) is 29.5. The number of nitrogens with zero attached hydrogens (tertiary/aromatic N) is 4. The van der Waals surface area contributed by atoms with Crippen molar-refractivity contribution in [1.82, 2.24) is 19.5 Å². The lowest BCUT2D eigenvalue weighted by Gasteiger charge is -2.16. The van der Waals surface area contributed by atoms with Crippen LogP contribution >= 0.6 is 7.60 Å². The summed E-state index contributed by atoms with van der Waals surface area (Å²) in [7, 11) is -4.40. The van der Waals surface area contributed by atoms with Crippen molar-refractivity contribution in [2.45, 2.75) is 30.8 Å². The molecule has 4 atom stereocenters. The van der Waals surface area contributed by atoms with E-state index in [4.69, 9.17) is 20.3 Å². The Bertz CT molecular complexity index is 766. The Morgan fingerprint density at radius 1 is 1.43 bits per heavy atom. The molecule has 2 heterocycles. The zero-order valence-corrected chi connectivity index (χ0v) is 12.6. The van der Waals surface area contributed by atoms with Crippen molar-refractivity contribution in [3.63, 3.8) is 0 Å². The second-order valence-electron chi connectivity index (χ2n) is 5.32. The third-order valence-corrected chi connectivity index (χ3v) is 4.24. The number of fused-ring (bicyclic) bond motifs is 1. The van der Waals surface area contributed by atoms with Crippen LogP contribution in [-0.4, -0.2) is 59.1 Å². The van der Waals surface area contributed by atoms with Gasteiger partial charge < -0.3 is 29.9 Å². The first-order valence-electron chi connectivity index (χ1n) is 6.69. The second-order valence-corrected chi connectivity index (χ2v) is 6.91. The van der Waals surface area contributed by atoms with Gasteiger partial charge in [-0.25, -0.2) is 19.3 Å². The van der Waals surface area contributed by atoms with Crippen molar-refractivity contribution in [2.24, 2.45) is 0 Å². The number of halogens is 1. The van der Waals surface area contributed by atoms with Crippen LogP contribution in [0.25, 0.3) is 11.2 Å². The van der Waals surface area contributed by atoms with Gasteiger partial charge in [0.25, 0.3) is 0 Å². The SMILES string of the molecule is Nc1ncnc2c1ncn2[C@@H]1CC(OCP(=O)(O)O)C(O)C1F. The molecule has 5 N–H and O–H groups in total. The Labute approximate surface area is 129 Å². The molecule has 0 bridgehead atoms. The summed E-state index contributed by atoms with van der Waals surface area (Å²) in [6.07, 6.45) is -2.57. The summed E-state index contributed by atoms with van der Waals surface area (Å²) in [6, 6.07) is -0.842. The molecule has 0 amide bonds. The van der Waals surface area contributed by atoms with Crippen LogP contribution in [0.1, 0.15) is 12.5 Å². The molecule has 3 unspecified atom stereocenters. The minimum absolute atomic E-state index is 0.0116. The van der Waals surface area contributed by atoms with E-state index in [1.54, 1.807) is 0 Å². The third kappa shape index (κ3) is 3.06. The highest BCUT2D eigenvalue weighted by molar-refractivity contribution is 7.51. The van der Waals surface area contributed by atoms with Crippen LogP contribution in [0.4, 0.5) is 10.2 Å². The van der Waals surface area contributed by atoms with Gasteiger partial charge in [0.1, 0.15) is 30.5 Å². The fourth-order valence-corrected chi connectivity index (χ4v) is 3.06. The predicted octanol–water partition coefficient (Wildman–Crippen LogP) is -0.427. The zero-order chi connectivity index (χ0) is 16.8. The van der Waals surface area contributed by atoms with Gasteiger partial charge in [-0.05, 0) is 0 Å². The molecule has 126 valence electrons. The molecule has 3 rings (SSSR count). The topological polar surface area (TPSA) is 157 Å². The second kappa shape index (κ2) is 5.77. The van der Waals surface area contributed by atoms with Crippen LogP contribution in [0.5, 0.6) is 0 Å². The predicted molar refractivity (Wildman–Crippen MR) is 76.1 cm³/mol. The Morgan fingerprint density at radius 2 is 2.17 bits per heavy atom. The van der Waals surface area contributed by atoms with Gasteiger partial charge in [0.05, 0.1) is 18.5 Å². The first-order valence-corrected chi connectivity index (χ1v) is 8.49. The number of hydrogen-bond acceptors (Lipinski definition) is 7. The van der Waals surface area contributed by atoms with E-state index in [9.17, 15) is 14.1 Å². The van der Waals surface area contributed by atoms with Crippen molar-refractivity contribution < 1.29 is 28.6 Å². The highest BCUT2D eigenvalue weighted by atomic mass is 31.2. The molecule has 0 radical (unpaired) electrons. The van der Waals surface area contributed by atoms with E-state index in [1.165, 1.54) is 17.2 Å². The number of anilines is 1. The first kappa shape index (κ1) is 16.2. The van der Waals surface area contributed by atoms with Gasteiger partial charge >= 0.3 is 7.60 Å². The molecule has 0 saturated heterocycles. The molecule has 0 aliphatic heterocycles. The van der Waals surface area contributed by atoms with E-state index in [1.807, 2.05) is 0 Å².